The van der Waals surface area contributed by atoms with Crippen molar-refractivity contribution in [2.45, 2.75) is 19.4 Å². The van der Waals surface area contributed by atoms with Crippen LogP contribution in [-0.2, 0) is 9.53 Å². The van der Waals surface area contributed by atoms with Crippen LogP contribution in [0.2, 0.25) is 10.0 Å². The molecule has 1 unspecified atom stereocenters. The van der Waals surface area contributed by atoms with E-state index in [1.165, 1.54) is 12.1 Å². The number of carbonyl (C=O) groups is 2. The van der Waals surface area contributed by atoms with Crippen LogP contribution in [0.1, 0.15) is 23.7 Å². The van der Waals surface area contributed by atoms with Crippen molar-refractivity contribution >= 4 is 46.5 Å². The van der Waals surface area contributed by atoms with Crippen molar-refractivity contribution in [3.05, 3.63) is 58.1 Å². The summed E-state index contributed by atoms with van der Waals surface area (Å²) < 4.78 is 5.26. The van der Waals surface area contributed by atoms with Gasteiger partial charge in [0.25, 0.3) is 5.91 Å². The molecule has 0 spiro atoms. The SMILES string of the molecule is CCC(OC(=O)c1cccc(N)c1)C(=O)Nc1ccc(Cl)c(Cl)c1. The number of halogens is 2. The summed E-state index contributed by atoms with van der Waals surface area (Å²) in [6, 6.07) is 11.1. The van der Waals surface area contributed by atoms with E-state index in [-0.39, 0.29) is 5.56 Å². The minimum absolute atomic E-state index is 0.288. The van der Waals surface area contributed by atoms with E-state index in [1.54, 1.807) is 37.3 Å². The number of hydrogen-bond acceptors (Lipinski definition) is 4. The summed E-state index contributed by atoms with van der Waals surface area (Å²) in [5.41, 5.74) is 6.83. The van der Waals surface area contributed by atoms with Crippen LogP contribution in [-0.4, -0.2) is 18.0 Å². The zero-order valence-electron chi connectivity index (χ0n) is 12.9. The average molecular weight is 367 g/mol. The Morgan fingerprint density at radius 3 is 2.54 bits per heavy atom. The zero-order valence-corrected chi connectivity index (χ0v) is 14.4. The minimum Gasteiger partial charge on any atom is -0.449 e. The molecule has 0 heterocycles. The lowest BCUT2D eigenvalue weighted by Gasteiger charge is -2.16. The predicted molar refractivity (Wildman–Crippen MR) is 95.4 cm³/mol. The van der Waals surface area contributed by atoms with Crippen LogP contribution < -0.4 is 11.1 Å². The van der Waals surface area contributed by atoms with Gasteiger partial charge in [-0.1, -0.05) is 36.2 Å². The van der Waals surface area contributed by atoms with Gasteiger partial charge in [-0.15, -0.1) is 0 Å². The summed E-state index contributed by atoms with van der Waals surface area (Å²) in [5, 5.41) is 3.35. The number of nitrogen functional groups attached to an aromatic ring is 1. The standard InChI is InChI=1S/C17H16Cl2N2O3/c1-2-15(24-17(23)10-4-3-5-11(20)8-10)16(22)21-12-6-7-13(18)14(19)9-12/h3-9,15H,2,20H2,1H3,(H,21,22). The van der Waals surface area contributed by atoms with E-state index in [0.29, 0.717) is 27.8 Å². The molecule has 0 aromatic heterocycles. The van der Waals surface area contributed by atoms with Gasteiger partial charge in [0.2, 0.25) is 0 Å². The van der Waals surface area contributed by atoms with E-state index < -0.39 is 18.0 Å². The highest BCUT2D eigenvalue weighted by Crippen LogP contribution is 2.25. The second kappa shape index (κ2) is 8.04. The van der Waals surface area contributed by atoms with Crippen molar-refractivity contribution in [3.63, 3.8) is 0 Å². The Morgan fingerprint density at radius 1 is 1.17 bits per heavy atom. The molecule has 1 amide bonds. The molecule has 0 saturated heterocycles. The first kappa shape index (κ1) is 18.1. The van der Waals surface area contributed by atoms with E-state index in [0.717, 1.165) is 0 Å². The van der Waals surface area contributed by atoms with E-state index in [1.807, 2.05) is 0 Å². The number of nitrogens with two attached hydrogens (primary N) is 1. The quantitative estimate of drug-likeness (QED) is 0.615. The Hall–Kier alpha value is -2.24. The molecule has 0 radical (unpaired) electrons. The zero-order chi connectivity index (χ0) is 17.7. The van der Waals surface area contributed by atoms with Crippen LogP contribution in [0.5, 0.6) is 0 Å². The van der Waals surface area contributed by atoms with E-state index in [9.17, 15) is 9.59 Å². The Bertz CT molecular complexity index is 765. The number of benzene rings is 2. The van der Waals surface area contributed by atoms with Crippen LogP contribution in [0.25, 0.3) is 0 Å². The summed E-state index contributed by atoms with van der Waals surface area (Å²) >= 11 is 11.7. The molecule has 0 aliphatic heterocycles. The Labute approximate surface area is 149 Å². The van der Waals surface area contributed by atoms with Crippen molar-refractivity contribution in [3.8, 4) is 0 Å². The number of anilines is 2. The summed E-state index contributed by atoms with van der Waals surface area (Å²) in [5.74, 6) is -1.06. The maximum atomic E-state index is 12.3. The molecule has 2 rings (SSSR count). The van der Waals surface area contributed by atoms with Crippen molar-refractivity contribution < 1.29 is 14.3 Å². The smallest absolute Gasteiger partial charge is 0.338 e. The van der Waals surface area contributed by atoms with Crippen LogP contribution in [0.15, 0.2) is 42.5 Å². The molecular weight excluding hydrogens is 351 g/mol. The summed E-state index contributed by atoms with van der Waals surface area (Å²) in [6.07, 6.45) is -0.616. The van der Waals surface area contributed by atoms with Gasteiger partial charge in [0, 0.05) is 11.4 Å². The fourth-order valence-electron chi connectivity index (χ4n) is 1.98. The number of carbonyl (C=O) groups excluding carboxylic acids is 2. The monoisotopic (exact) mass is 366 g/mol. The van der Waals surface area contributed by atoms with Gasteiger partial charge in [-0.3, -0.25) is 4.79 Å². The number of hydrogen-bond donors (Lipinski definition) is 2. The first-order valence-electron chi connectivity index (χ1n) is 7.23. The highest BCUT2D eigenvalue weighted by molar-refractivity contribution is 6.42. The number of nitrogens with one attached hydrogen (secondary N) is 1. The van der Waals surface area contributed by atoms with Gasteiger partial charge in [-0.25, -0.2) is 4.79 Å². The van der Waals surface area contributed by atoms with Gasteiger partial charge in [0.05, 0.1) is 15.6 Å². The summed E-state index contributed by atoms with van der Waals surface area (Å²) in [6.45, 7) is 1.74. The average Bonchev–Trinajstić information content (AvgIpc) is 2.55. The maximum absolute atomic E-state index is 12.3. The molecule has 0 aliphatic rings. The number of amides is 1. The van der Waals surface area contributed by atoms with Crippen LogP contribution in [0, 0.1) is 0 Å². The summed E-state index contributed by atoms with van der Waals surface area (Å²) in [4.78, 5) is 24.4. The second-order valence-electron chi connectivity index (χ2n) is 5.05. The lowest BCUT2D eigenvalue weighted by Crippen LogP contribution is -2.32. The molecule has 0 aliphatic carbocycles. The first-order chi connectivity index (χ1) is 11.4. The normalized spacial score (nSPS) is 11.6. The van der Waals surface area contributed by atoms with E-state index >= 15 is 0 Å². The van der Waals surface area contributed by atoms with Gasteiger partial charge in [-0.2, -0.15) is 0 Å². The summed E-state index contributed by atoms with van der Waals surface area (Å²) in [7, 11) is 0. The molecule has 2 aromatic carbocycles. The highest BCUT2D eigenvalue weighted by Gasteiger charge is 2.22. The Morgan fingerprint density at radius 2 is 1.92 bits per heavy atom. The van der Waals surface area contributed by atoms with Crippen LogP contribution in [0.4, 0.5) is 11.4 Å². The van der Waals surface area contributed by atoms with Crippen molar-refractivity contribution in [1.29, 1.82) is 0 Å². The van der Waals surface area contributed by atoms with E-state index in [2.05, 4.69) is 5.32 Å². The second-order valence-corrected chi connectivity index (χ2v) is 5.86. The number of ether oxygens (including phenoxy) is 1. The molecule has 24 heavy (non-hydrogen) atoms. The molecule has 0 bridgehead atoms. The van der Waals surface area contributed by atoms with E-state index in [4.69, 9.17) is 33.7 Å². The third-order valence-electron chi connectivity index (χ3n) is 3.22. The topological polar surface area (TPSA) is 81.4 Å². The van der Waals surface area contributed by atoms with Crippen LogP contribution in [0.3, 0.4) is 0 Å². The largest absolute Gasteiger partial charge is 0.449 e. The highest BCUT2D eigenvalue weighted by atomic mass is 35.5. The fraction of sp³-hybridized carbons (Fsp3) is 0.176. The van der Waals surface area contributed by atoms with Gasteiger partial charge in [-0.05, 0) is 42.8 Å². The third-order valence-corrected chi connectivity index (χ3v) is 3.96. The molecule has 1 atom stereocenters. The predicted octanol–water partition coefficient (Wildman–Crippen LogP) is 4.15. The Balaban J connectivity index is 2.05. The molecule has 0 saturated carbocycles. The molecule has 0 fully saturated rings. The molecule has 5 nitrogen and oxygen atoms in total. The first-order valence-corrected chi connectivity index (χ1v) is 7.98. The molecule has 7 heteroatoms. The van der Waals surface area contributed by atoms with Gasteiger partial charge >= 0.3 is 5.97 Å². The molecule has 2 aromatic rings. The fourth-order valence-corrected chi connectivity index (χ4v) is 2.28. The maximum Gasteiger partial charge on any atom is 0.338 e. The third kappa shape index (κ3) is 4.63. The van der Waals surface area contributed by atoms with Gasteiger partial charge in [0.1, 0.15) is 0 Å². The number of rotatable bonds is 5. The lowest BCUT2D eigenvalue weighted by molar-refractivity contribution is -0.124. The lowest BCUT2D eigenvalue weighted by atomic mass is 10.2. The van der Waals surface area contributed by atoms with Crippen molar-refractivity contribution in [2.24, 2.45) is 0 Å². The van der Waals surface area contributed by atoms with Gasteiger partial charge < -0.3 is 15.8 Å². The van der Waals surface area contributed by atoms with Crippen molar-refractivity contribution in [2.75, 3.05) is 11.1 Å². The van der Waals surface area contributed by atoms with Crippen molar-refractivity contribution in [1.82, 2.24) is 0 Å². The molecule has 126 valence electrons. The van der Waals surface area contributed by atoms with Crippen LogP contribution >= 0.6 is 23.2 Å². The number of esters is 1. The molecular formula is C17H16Cl2N2O3. The molecule has 3 N–H and O–H groups in total. The van der Waals surface area contributed by atoms with Gasteiger partial charge in [0.15, 0.2) is 6.10 Å². The minimum atomic E-state index is -0.937. The Kier molecular flexibility index (Phi) is 6.06.